The highest BCUT2D eigenvalue weighted by atomic mass is 33.1. The van der Waals surface area contributed by atoms with E-state index in [-0.39, 0.29) is 0 Å². The molecule has 47 valence electrons. The monoisotopic (exact) mass is 155 g/mol. The summed E-state index contributed by atoms with van der Waals surface area (Å²) in [5.74, 6) is 0. The van der Waals surface area contributed by atoms with Gasteiger partial charge in [0.15, 0.2) is 0 Å². The Morgan fingerprint density at radius 3 is 1.75 bits per heavy atom. The van der Waals surface area contributed by atoms with E-state index < -0.39 is 18.6 Å². The van der Waals surface area contributed by atoms with Crippen molar-refractivity contribution in [2.45, 2.75) is 0 Å². The quantitative estimate of drug-likeness (QED) is 0.405. The van der Waals surface area contributed by atoms with Gasteiger partial charge in [-0.15, -0.1) is 0 Å². The Bertz CT molecular complexity index is 235. The number of hydrogen-bond donors (Lipinski definition) is 1. The summed E-state index contributed by atoms with van der Waals surface area (Å²) in [5, 5.41) is 1.37. The van der Waals surface area contributed by atoms with E-state index in [0.717, 1.165) is 0 Å². The van der Waals surface area contributed by atoms with Crippen molar-refractivity contribution >= 4 is 18.6 Å². The lowest BCUT2D eigenvalue weighted by Crippen LogP contribution is -1.94. The Morgan fingerprint density at radius 1 is 1.38 bits per heavy atom. The molecule has 0 aromatic rings. The Hall–Kier alpha value is -0.360. The fourth-order valence-electron chi connectivity index (χ4n) is 0.0527. The maximum atomic E-state index is 9.93. The zero-order chi connectivity index (χ0) is 6.78. The van der Waals surface area contributed by atoms with E-state index in [1.807, 2.05) is 0 Å². The summed E-state index contributed by atoms with van der Waals surface area (Å²) < 4.78 is 39.1. The van der Waals surface area contributed by atoms with Crippen LogP contribution in [0.1, 0.15) is 0 Å². The Labute approximate surface area is 48.1 Å². The molecule has 0 aliphatic heterocycles. The minimum Gasteiger partial charge on any atom is -0.215 e. The van der Waals surface area contributed by atoms with Gasteiger partial charge < -0.3 is 0 Å². The van der Waals surface area contributed by atoms with Gasteiger partial charge in [0.25, 0.3) is 8.87 Å². The van der Waals surface area contributed by atoms with Gasteiger partial charge in [-0.1, -0.05) is 6.58 Å². The topological polar surface area (TPSA) is 68.3 Å². The molecule has 0 unspecified atom stereocenters. The summed E-state index contributed by atoms with van der Waals surface area (Å²) in [6, 6.07) is 0. The average molecular weight is 155 g/mol. The summed E-state index contributed by atoms with van der Waals surface area (Å²) >= 11 is 0. The standard InChI is InChI=1S/C2H3O4S2/c1-2-8(5,6)7(3)4/h7H,1H2. The molecule has 0 fully saturated rings. The molecule has 0 saturated carbocycles. The van der Waals surface area contributed by atoms with Crippen LogP contribution in [0.25, 0.3) is 0 Å². The molecule has 4 nitrogen and oxygen atoms in total. The maximum absolute atomic E-state index is 9.93. The summed E-state index contributed by atoms with van der Waals surface area (Å²) in [7, 11) is -7.59. The van der Waals surface area contributed by atoms with Gasteiger partial charge in [-0.3, -0.25) is 0 Å². The molecule has 0 aliphatic rings. The molecule has 0 N–H and O–H groups in total. The van der Waals surface area contributed by atoms with E-state index in [1.165, 1.54) is 5.41 Å². The number of thiol groups is 1. The van der Waals surface area contributed by atoms with E-state index >= 15 is 0 Å². The lowest BCUT2D eigenvalue weighted by Gasteiger charge is -1.75. The molecule has 0 aliphatic carbocycles. The highest BCUT2D eigenvalue weighted by Gasteiger charge is 2.05. The molecule has 1 radical (unpaired) electrons. The minimum absolute atomic E-state index is 1.37. The summed E-state index contributed by atoms with van der Waals surface area (Å²) in [6.07, 6.45) is 0. The molecule has 0 bridgehead atoms. The molecule has 0 spiro atoms. The molecule has 0 amide bonds. The second kappa shape index (κ2) is 2.27. The molecule has 6 heteroatoms. The van der Waals surface area contributed by atoms with Crippen molar-refractivity contribution in [2.75, 3.05) is 0 Å². The van der Waals surface area contributed by atoms with Crippen LogP contribution in [0.2, 0.25) is 0 Å². The summed E-state index contributed by atoms with van der Waals surface area (Å²) in [4.78, 5) is 0. The van der Waals surface area contributed by atoms with Gasteiger partial charge in [0, 0.05) is 0 Å². The van der Waals surface area contributed by atoms with Crippen LogP contribution in [-0.2, 0) is 18.6 Å². The van der Waals surface area contributed by atoms with Crippen molar-refractivity contribution in [3.05, 3.63) is 12.0 Å². The SMILES string of the molecule is C=[C]S(=O)(=O)[SH](=O)=O. The largest absolute Gasteiger partial charge is 0.280 e. The molecule has 8 heavy (non-hydrogen) atoms. The van der Waals surface area contributed by atoms with Crippen LogP contribution in [0.4, 0.5) is 0 Å². The second-order valence-corrected chi connectivity index (χ2v) is 4.87. The second-order valence-electron chi connectivity index (χ2n) is 0.843. The molecule has 0 aromatic heterocycles. The van der Waals surface area contributed by atoms with Gasteiger partial charge >= 0.3 is 0 Å². The first kappa shape index (κ1) is 7.64. The van der Waals surface area contributed by atoms with E-state index in [9.17, 15) is 16.8 Å². The molecule has 0 saturated heterocycles. The average Bonchev–Trinajstić information content (AvgIpc) is 1.67. The van der Waals surface area contributed by atoms with Gasteiger partial charge in [0.2, 0.25) is 9.74 Å². The van der Waals surface area contributed by atoms with Crippen molar-refractivity contribution in [3.63, 3.8) is 0 Å². The third-order valence-corrected chi connectivity index (χ3v) is 2.70. The highest BCUT2D eigenvalue weighted by Crippen LogP contribution is 1.85. The van der Waals surface area contributed by atoms with Gasteiger partial charge in [-0.2, -0.15) is 0 Å². The molecular formula is C2H3O4S2. The smallest absolute Gasteiger partial charge is 0.215 e. The van der Waals surface area contributed by atoms with Crippen molar-refractivity contribution < 1.29 is 16.8 Å². The van der Waals surface area contributed by atoms with E-state index in [2.05, 4.69) is 6.58 Å². The van der Waals surface area contributed by atoms with Gasteiger partial charge in [0.1, 0.15) is 0 Å². The lowest BCUT2D eigenvalue weighted by molar-refractivity contribution is 0.597. The third kappa shape index (κ3) is 1.63. The molecular weight excluding hydrogens is 152 g/mol. The Balaban J connectivity index is 4.99. The van der Waals surface area contributed by atoms with Crippen LogP contribution in [0, 0.1) is 5.41 Å². The van der Waals surface area contributed by atoms with Crippen LogP contribution >= 0.6 is 0 Å². The molecule has 0 aromatic carbocycles. The zero-order valence-corrected chi connectivity index (χ0v) is 5.41. The van der Waals surface area contributed by atoms with E-state index in [1.54, 1.807) is 0 Å². The van der Waals surface area contributed by atoms with Crippen molar-refractivity contribution in [1.29, 1.82) is 0 Å². The van der Waals surface area contributed by atoms with Crippen LogP contribution in [0.15, 0.2) is 6.58 Å². The van der Waals surface area contributed by atoms with Gasteiger partial charge in [-0.05, 0) is 0 Å². The third-order valence-electron chi connectivity index (χ3n) is 0.379. The fourth-order valence-corrected chi connectivity index (χ4v) is 0.474. The van der Waals surface area contributed by atoms with Crippen molar-refractivity contribution in [3.8, 4) is 0 Å². The Morgan fingerprint density at radius 2 is 1.75 bits per heavy atom. The minimum atomic E-state index is -4.14. The van der Waals surface area contributed by atoms with Crippen LogP contribution < -0.4 is 0 Å². The van der Waals surface area contributed by atoms with Crippen molar-refractivity contribution in [2.24, 2.45) is 0 Å². The number of hydrogen-bond acceptors (Lipinski definition) is 4. The van der Waals surface area contributed by atoms with Gasteiger partial charge in [0.05, 0.1) is 5.41 Å². The zero-order valence-electron chi connectivity index (χ0n) is 3.70. The Kier molecular flexibility index (Phi) is 2.17. The lowest BCUT2D eigenvalue weighted by atomic mass is 11.3. The first-order valence-corrected chi connectivity index (χ1v) is 4.70. The van der Waals surface area contributed by atoms with Gasteiger partial charge in [-0.25, -0.2) is 16.8 Å². The van der Waals surface area contributed by atoms with Crippen LogP contribution in [-0.4, -0.2) is 16.8 Å². The van der Waals surface area contributed by atoms with E-state index in [0.29, 0.717) is 0 Å². The summed E-state index contributed by atoms with van der Waals surface area (Å²) in [5.41, 5.74) is 0. The molecule has 0 rings (SSSR count). The predicted octanol–water partition coefficient (Wildman–Crippen LogP) is -1.13. The molecule has 0 atom stereocenters. The van der Waals surface area contributed by atoms with E-state index in [4.69, 9.17) is 0 Å². The molecule has 0 heterocycles. The number of rotatable bonds is 2. The van der Waals surface area contributed by atoms with Crippen LogP contribution in [0.5, 0.6) is 0 Å². The normalized spacial score (nSPS) is 11.6. The summed E-state index contributed by atoms with van der Waals surface area (Å²) in [6.45, 7) is 2.66. The predicted molar refractivity (Wildman–Crippen MR) is 28.1 cm³/mol. The fraction of sp³-hybridized carbons (Fsp3) is 0. The highest BCUT2D eigenvalue weighted by molar-refractivity contribution is 8.59. The maximum Gasteiger partial charge on any atom is 0.280 e. The van der Waals surface area contributed by atoms with Crippen LogP contribution in [0.3, 0.4) is 0 Å². The van der Waals surface area contributed by atoms with Crippen molar-refractivity contribution in [1.82, 2.24) is 0 Å². The first-order valence-electron chi connectivity index (χ1n) is 1.44. The first-order chi connectivity index (χ1) is 3.50.